The number of hydrogen-bond donors (Lipinski definition) is 1. The molecule has 0 bridgehead atoms. The third kappa shape index (κ3) is 4.54. The second kappa shape index (κ2) is 8.63. The van der Waals surface area contributed by atoms with Gasteiger partial charge >= 0.3 is 6.18 Å². The number of amides is 1. The SMILES string of the molecule is O=C(Nc1ccc(Cl)c(C(F)(F)F)c1)[C@@H](c1ccccc1)N1CCCc2ccccc21. The summed E-state index contributed by atoms with van der Waals surface area (Å²) >= 11 is 5.71. The topological polar surface area (TPSA) is 32.3 Å². The second-order valence-electron chi connectivity index (χ2n) is 7.42. The molecular formula is C24H20ClF3N2O. The van der Waals surface area contributed by atoms with Gasteiger partial charge in [-0.15, -0.1) is 0 Å². The fourth-order valence-corrected chi connectivity index (χ4v) is 4.19. The first-order chi connectivity index (χ1) is 14.8. The summed E-state index contributed by atoms with van der Waals surface area (Å²) in [4.78, 5) is 15.4. The average Bonchev–Trinajstić information content (AvgIpc) is 2.75. The molecule has 1 atom stereocenters. The summed E-state index contributed by atoms with van der Waals surface area (Å²) in [5.41, 5.74) is 1.94. The quantitative estimate of drug-likeness (QED) is 0.498. The molecule has 1 amide bonds. The van der Waals surface area contributed by atoms with Gasteiger partial charge in [0, 0.05) is 17.9 Å². The van der Waals surface area contributed by atoms with E-state index < -0.39 is 28.7 Å². The number of aryl methyl sites for hydroxylation is 1. The maximum atomic E-state index is 13.4. The monoisotopic (exact) mass is 444 g/mol. The number of fused-ring (bicyclic) bond motifs is 1. The van der Waals surface area contributed by atoms with Gasteiger partial charge in [0.15, 0.2) is 0 Å². The molecule has 0 fully saturated rings. The van der Waals surface area contributed by atoms with E-state index in [0.29, 0.717) is 6.54 Å². The molecule has 1 N–H and O–H groups in total. The predicted molar refractivity (Wildman–Crippen MR) is 116 cm³/mol. The van der Waals surface area contributed by atoms with E-state index in [1.807, 2.05) is 59.5 Å². The first kappa shape index (κ1) is 21.2. The van der Waals surface area contributed by atoms with Crippen molar-refractivity contribution in [3.63, 3.8) is 0 Å². The van der Waals surface area contributed by atoms with Crippen molar-refractivity contribution >= 4 is 28.9 Å². The third-order valence-corrected chi connectivity index (χ3v) is 5.69. The molecule has 0 aliphatic carbocycles. The molecule has 4 rings (SSSR count). The van der Waals surface area contributed by atoms with Gasteiger partial charge in [-0.25, -0.2) is 0 Å². The number of hydrogen-bond acceptors (Lipinski definition) is 2. The van der Waals surface area contributed by atoms with Crippen molar-refractivity contribution in [2.45, 2.75) is 25.1 Å². The normalized spacial score (nSPS) is 14.6. The molecule has 0 radical (unpaired) electrons. The van der Waals surface area contributed by atoms with Crippen LogP contribution in [-0.4, -0.2) is 12.5 Å². The van der Waals surface area contributed by atoms with Crippen LogP contribution in [0.3, 0.4) is 0 Å². The number of para-hydroxylation sites is 1. The number of alkyl halides is 3. The molecule has 0 saturated carbocycles. The van der Waals surface area contributed by atoms with Crippen molar-refractivity contribution < 1.29 is 18.0 Å². The van der Waals surface area contributed by atoms with Crippen molar-refractivity contribution in [3.8, 4) is 0 Å². The number of carbonyl (C=O) groups excluding carboxylic acids is 1. The zero-order chi connectivity index (χ0) is 22.0. The molecule has 0 unspecified atom stereocenters. The first-order valence-corrected chi connectivity index (χ1v) is 10.3. The molecule has 0 saturated heterocycles. The highest BCUT2D eigenvalue weighted by molar-refractivity contribution is 6.31. The zero-order valence-electron chi connectivity index (χ0n) is 16.5. The Morgan fingerprint density at radius 3 is 2.45 bits per heavy atom. The Labute approximate surface area is 183 Å². The van der Waals surface area contributed by atoms with Crippen LogP contribution in [0.1, 0.15) is 29.2 Å². The summed E-state index contributed by atoms with van der Waals surface area (Å²) in [6.07, 6.45) is -2.81. The number of benzene rings is 3. The van der Waals surface area contributed by atoms with Crippen LogP contribution in [0.15, 0.2) is 72.8 Å². The van der Waals surface area contributed by atoms with Crippen molar-refractivity contribution in [2.75, 3.05) is 16.8 Å². The molecule has 3 aromatic rings. The number of anilines is 2. The van der Waals surface area contributed by atoms with Crippen molar-refractivity contribution in [2.24, 2.45) is 0 Å². The smallest absolute Gasteiger partial charge is 0.356 e. The van der Waals surface area contributed by atoms with Crippen LogP contribution in [0, 0.1) is 0 Å². The minimum atomic E-state index is -4.61. The Balaban J connectivity index is 1.70. The van der Waals surface area contributed by atoms with E-state index in [4.69, 9.17) is 11.6 Å². The summed E-state index contributed by atoms with van der Waals surface area (Å²) in [6, 6.07) is 19.8. The average molecular weight is 445 g/mol. The zero-order valence-corrected chi connectivity index (χ0v) is 17.3. The van der Waals surface area contributed by atoms with Crippen LogP contribution in [0.25, 0.3) is 0 Å². The van der Waals surface area contributed by atoms with E-state index in [9.17, 15) is 18.0 Å². The number of nitrogens with zero attached hydrogens (tertiary/aromatic N) is 1. The highest BCUT2D eigenvalue weighted by Crippen LogP contribution is 2.38. The lowest BCUT2D eigenvalue weighted by Crippen LogP contribution is -2.40. The minimum absolute atomic E-state index is 0.0490. The van der Waals surface area contributed by atoms with Gasteiger partial charge < -0.3 is 10.2 Å². The Kier molecular flexibility index (Phi) is 5.92. The van der Waals surface area contributed by atoms with Crippen LogP contribution >= 0.6 is 11.6 Å². The van der Waals surface area contributed by atoms with Gasteiger partial charge in [0.1, 0.15) is 6.04 Å². The van der Waals surface area contributed by atoms with E-state index in [2.05, 4.69) is 5.32 Å². The molecule has 1 aliphatic heterocycles. The molecule has 1 heterocycles. The molecule has 0 spiro atoms. The van der Waals surface area contributed by atoms with Crippen LogP contribution in [0.5, 0.6) is 0 Å². The van der Waals surface area contributed by atoms with E-state index in [1.165, 1.54) is 6.07 Å². The van der Waals surface area contributed by atoms with Crippen LogP contribution in [0.2, 0.25) is 5.02 Å². The van der Waals surface area contributed by atoms with Crippen molar-refractivity contribution in [1.29, 1.82) is 0 Å². The Hall–Kier alpha value is -2.99. The highest BCUT2D eigenvalue weighted by atomic mass is 35.5. The standard InChI is InChI=1S/C24H20ClF3N2O/c25-20-13-12-18(15-19(20)24(26,27)28)29-23(31)22(17-8-2-1-3-9-17)30-14-6-10-16-7-4-5-11-21(16)30/h1-5,7-9,11-13,15,22H,6,10,14H2,(H,29,31)/t22-/m1/s1. The number of carbonyl (C=O) groups is 1. The van der Waals surface area contributed by atoms with Gasteiger partial charge in [0.2, 0.25) is 0 Å². The van der Waals surface area contributed by atoms with Crippen LogP contribution < -0.4 is 10.2 Å². The van der Waals surface area contributed by atoms with Gasteiger partial charge in [-0.05, 0) is 48.2 Å². The lowest BCUT2D eigenvalue weighted by atomic mass is 9.96. The summed E-state index contributed by atoms with van der Waals surface area (Å²) in [7, 11) is 0. The van der Waals surface area contributed by atoms with Gasteiger partial charge in [-0.2, -0.15) is 13.2 Å². The van der Waals surface area contributed by atoms with E-state index in [1.54, 1.807) is 0 Å². The van der Waals surface area contributed by atoms with E-state index >= 15 is 0 Å². The Morgan fingerprint density at radius 1 is 1.00 bits per heavy atom. The van der Waals surface area contributed by atoms with E-state index in [-0.39, 0.29) is 5.69 Å². The lowest BCUT2D eigenvalue weighted by Gasteiger charge is -2.37. The summed E-state index contributed by atoms with van der Waals surface area (Å²) in [5.74, 6) is -0.404. The summed E-state index contributed by atoms with van der Waals surface area (Å²) in [6.45, 7) is 0.665. The first-order valence-electron chi connectivity index (χ1n) is 9.92. The number of nitrogens with one attached hydrogen (secondary N) is 1. The highest BCUT2D eigenvalue weighted by Gasteiger charge is 2.34. The van der Waals surface area contributed by atoms with Gasteiger partial charge in [0.25, 0.3) is 5.91 Å². The van der Waals surface area contributed by atoms with Crippen LogP contribution in [0.4, 0.5) is 24.5 Å². The van der Waals surface area contributed by atoms with Crippen molar-refractivity contribution in [3.05, 3.63) is 94.5 Å². The fourth-order valence-electron chi connectivity index (χ4n) is 3.97. The van der Waals surface area contributed by atoms with Crippen molar-refractivity contribution in [1.82, 2.24) is 0 Å². The molecular weight excluding hydrogens is 425 g/mol. The maximum Gasteiger partial charge on any atom is 0.417 e. The van der Waals surface area contributed by atoms with Gasteiger partial charge in [0.05, 0.1) is 10.6 Å². The van der Waals surface area contributed by atoms with Gasteiger partial charge in [-0.3, -0.25) is 4.79 Å². The summed E-state index contributed by atoms with van der Waals surface area (Å²) in [5, 5.41) is 2.26. The molecule has 7 heteroatoms. The predicted octanol–water partition coefficient (Wildman–Crippen LogP) is 6.49. The number of halogens is 4. The fraction of sp³-hybridized carbons (Fsp3) is 0.208. The molecule has 160 valence electrons. The number of rotatable bonds is 4. The largest absolute Gasteiger partial charge is 0.417 e. The molecule has 31 heavy (non-hydrogen) atoms. The second-order valence-corrected chi connectivity index (χ2v) is 7.83. The lowest BCUT2D eigenvalue weighted by molar-refractivity contribution is -0.137. The molecule has 3 nitrogen and oxygen atoms in total. The van der Waals surface area contributed by atoms with Crippen LogP contribution in [-0.2, 0) is 17.4 Å². The molecule has 3 aromatic carbocycles. The third-order valence-electron chi connectivity index (χ3n) is 5.36. The Bertz CT molecular complexity index is 1090. The van der Waals surface area contributed by atoms with Gasteiger partial charge in [-0.1, -0.05) is 60.1 Å². The summed E-state index contributed by atoms with van der Waals surface area (Å²) < 4.78 is 39.7. The molecule has 0 aromatic heterocycles. The maximum absolute atomic E-state index is 13.4. The Morgan fingerprint density at radius 2 is 1.71 bits per heavy atom. The minimum Gasteiger partial charge on any atom is -0.356 e. The molecule has 1 aliphatic rings. The van der Waals surface area contributed by atoms with E-state index in [0.717, 1.165) is 41.8 Å².